The summed E-state index contributed by atoms with van der Waals surface area (Å²) >= 11 is 0. The quantitative estimate of drug-likeness (QED) is 0.524. The van der Waals surface area contributed by atoms with Gasteiger partial charge in [0.05, 0.1) is 0 Å². The summed E-state index contributed by atoms with van der Waals surface area (Å²) in [7, 11) is 0. The van der Waals surface area contributed by atoms with Gasteiger partial charge in [-0.05, 0) is 11.1 Å². The van der Waals surface area contributed by atoms with Crippen molar-refractivity contribution in [2.24, 2.45) is 23.7 Å². The van der Waals surface area contributed by atoms with Crippen LogP contribution in [0.1, 0.15) is 68.2 Å². The van der Waals surface area contributed by atoms with Crippen molar-refractivity contribution in [3.05, 3.63) is 24.3 Å². The normalized spacial score (nSPS) is 10.6. The van der Waals surface area contributed by atoms with Crippen molar-refractivity contribution in [2.45, 2.75) is 68.2 Å². The molecule has 0 aliphatic carbocycles. The molecule has 0 saturated carbocycles. The van der Waals surface area contributed by atoms with E-state index in [0.29, 0.717) is 11.1 Å². The van der Waals surface area contributed by atoms with Crippen LogP contribution in [-0.4, -0.2) is 23.1 Å². The molecule has 0 saturated heterocycles. The van der Waals surface area contributed by atoms with Crippen LogP contribution in [0.15, 0.2) is 24.3 Å². The third-order valence-corrected chi connectivity index (χ3v) is 3.81. The average molecular weight is 365 g/mol. The molecule has 0 bridgehead atoms. The van der Waals surface area contributed by atoms with Gasteiger partial charge < -0.3 is 0 Å². The maximum Gasteiger partial charge on any atom is 0.161 e. The molecule has 0 aromatic carbocycles. The summed E-state index contributed by atoms with van der Waals surface area (Å²) in [6.07, 6.45) is 0.406. The second kappa shape index (κ2) is 12.5. The van der Waals surface area contributed by atoms with Gasteiger partial charge in [-0.25, -0.2) is 0 Å². The molecule has 0 aromatic rings. The molecular formula is C22H36O4. The average Bonchev–Trinajstić information content (AvgIpc) is 2.52. The first kappa shape index (κ1) is 26.4. The molecule has 4 nitrogen and oxygen atoms in total. The van der Waals surface area contributed by atoms with E-state index in [0.717, 1.165) is 0 Å². The molecule has 0 atom stereocenters. The van der Waals surface area contributed by atoms with E-state index in [9.17, 15) is 19.2 Å². The molecule has 0 amide bonds. The summed E-state index contributed by atoms with van der Waals surface area (Å²) in [5.41, 5.74) is 0.877. The fourth-order valence-electron chi connectivity index (χ4n) is 1.82. The SMILES string of the molecule is C=C(CC(=O)C(C)C)C(=O)C(C)C.C=C(CC(=O)C(C)C)C(=O)C(C)C. The minimum atomic E-state index is -0.0625. The van der Waals surface area contributed by atoms with Crippen molar-refractivity contribution in [3.63, 3.8) is 0 Å². The maximum atomic E-state index is 11.3. The van der Waals surface area contributed by atoms with E-state index in [1.807, 2.05) is 55.4 Å². The van der Waals surface area contributed by atoms with Crippen LogP contribution >= 0.6 is 0 Å². The summed E-state index contributed by atoms with van der Waals surface area (Å²) in [5, 5.41) is 0. The molecule has 0 N–H and O–H groups in total. The first-order chi connectivity index (χ1) is 11.7. The predicted molar refractivity (Wildman–Crippen MR) is 107 cm³/mol. The van der Waals surface area contributed by atoms with E-state index in [4.69, 9.17) is 0 Å². The van der Waals surface area contributed by atoms with Gasteiger partial charge in [0, 0.05) is 36.5 Å². The molecular weight excluding hydrogens is 328 g/mol. The van der Waals surface area contributed by atoms with Crippen LogP contribution in [0.4, 0.5) is 0 Å². The third-order valence-electron chi connectivity index (χ3n) is 3.81. The molecule has 0 radical (unpaired) electrons. The van der Waals surface area contributed by atoms with Crippen LogP contribution in [0.3, 0.4) is 0 Å². The number of ketones is 4. The van der Waals surface area contributed by atoms with E-state index in [-0.39, 0.29) is 59.6 Å². The Balaban J connectivity index is 0. The van der Waals surface area contributed by atoms with Crippen LogP contribution in [0.25, 0.3) is 0 Å². The van der Waals surface area contributed by atoms with Crippen molar-refractivity contribution < 1.29 is 19.2 Å². The number of hydrogen-bond acceptors (Lipinski definition) is 4. The summed E-state index contributed by atoms with van der Waals surface area (Å²) < 4.78 is 0. The highest BCUT2D eigenvalue weighted by molar-refractivity contribution is 6.01. The van der Waals surface area contributed by atoms with Crippen molar-refractivity contribution in [1.29, 1.82) is 0 Å². The van der Waals surface area contributed by atoms with Gasteiger partial charge in [-0.15, -0.1) is 0 Å². The van der Waals surface area contributed by atoms with Gasteiger partial charge in [0.1, 0.15) is 11.6 Å². The molecule has 0 fully saturated rings. The van der Waals surface area contributed by atoms with E-state index in [1.165, 1.54) is 0 Å². The summed E-state index contributed by atoms with van der Waals surface area (Å²) in [5.74, 6) is -0.00523. The lowest BCUT2D eigenvalue weighted by Gasteiger charge is -2.08. The van der Waals surface area contributed by atoms with Crippen molar-refractivity contribution in [2.75, 3.05) is 0 Å². The zero-order valence-electron chi connectivity index (χ0n) is 17.8. The third kappa shape index (κ3) is 10.9. The molecule has 148 valence electrons. The molecule has 0 aliphatic rings. The second-order valence-corrected chi connectivity index (χ2v) is 7.84. The first-order valence-electron chi connectivity index (χ1n) is 9.21. The fraction of sp³-hybridized carbons (Fsp3) is 0.636. The number of Topliss-reactive ketones (excluding diaryl/α,β-unsaturated/α-hetero) is 4. The number of carbonyl (C=O) groups excluding carboxylic acids is 4. The Hall–Kier alpha value is -1.84. The lowest BCUT2D eigenvalue weighted by Crippen LogP contribution is -2.15. The van der Waals surface area contributed by atoms with Gasteiger partial charge in [-0.2, -0.15) is 0 Å². The van der Waals surface area contributed by atoms with Crippen molar-refractivity contribution >= 4 is 23.1 Å². The van der Waals surface area contributed by atoms with Crippen LogP contribution < -0.4 is 0 Å². The molecule has 0 spiro atoms. The van der Waals surface area contributed by atoms with Gasteiger partial charge in [0.25, 0.3) is 0 Å². The van der Waals surface area contributed by atoms with E-state index >= 15 is 0 Å². The molecule has 26 heavy (non-hydrogen) atoms. The van der Waals surface area contributed by atoms with Gasteiger partial charge in [0.2, 0.25) is 0 Å². The Morgan fingerprint density at radius 3 is 0.923 bits per heavy atom. The van der Waals surface area contributed by atoms with Crippen LogP contribution in [0.2, 0.25) is 0 Å². The van der Waals surface area contributed by atoms with Crippen molar-refractivity contribution in [3.8, 4) is 0 Å². The Bertz CT molecular complexity index is 498. The molecule has 4 heteroatoms. The van der Waals surface area contributed by atoms with Gasteiger partial charge in [0.15, 0.2) is 11.6 Å². The van der Waals surface area contributed by atoms with Crippen molar-refractivity contribution in [1.82, 2.24) is 0 Å². The van der Waals surface area contributed by atoms with Crippen LogP contribution in [0.5, 0.6) is 0 Å². The highest BCUT2D eigenvalue weighted by Crippen LogP contribution is 2.12. The van der Waals surface area contributed by atoms with E-state index in [1.54, 1.807) is 0 Å². The molecule has 0 aromatic heterocycles. The first-order valence-corrected chi connectivity index (χ1v) is 9.21. The standard InChI is InChI=1S/2C11H18O2/c2*1-7(2)10(12)6-9(5)11(13)8(3)4/h2*7-8H,5-6H2,1-4H3. The lowest BCUT2D eigenvalue weighted by molar-refractivity contribution is -0.124. The monoisotopic (exact) mass is 364 g/mol. The molecule has 0 unspecified atom stereocenters. The zero-order chi connectivity index (χ0) is 21.2. The summed E-state index contributed by atoms with van der Waals surface area (Å²) in [6.45, 7) is 21.8. The summed E-state index contributed by atoms with van der Waals surface area (Å²) in [6, 6.07) is 0. The highest BCUT2D eigenvalue weighted by Gasteiger charge is 2.17. The lowest BCUT2D eigenvalue weighted by atomic mass is 9.95. The van der Waals surface area contributed by atoms with Gasteiger partial charge in [-0.1, -0.05) is 68.5 Å². The predicted octanol–water partition coefficient (Wildman–Crippen LogP) is 4.77. The largest absolute Gasteiger partial charge is 0.299 e. The Kier molecular flexibility index (Phi) is 12.7. The van der Waals surface area contributed by atoms with E-state index < -0.39 is 0 Å². The Morgan fingerprint density at radius 1 is 0.538 bits per heavy atom. The molecule has 0 heterocycles. The number of rotatable bonds is 10. The Labute approximate surface area is 159 Å². The minimum absolute atomic E-state index is 0.00556. The van der Waals surface area contributed by atoms with Crippen LogP contribution in [-0.2, 0) is 19.2 Å². The van der Waals surface area contributed by atoms with Gasteiger partial charge >= 0.3 is 0 Å². The second-order valence-electron chi connectivity index (χ2n) is 7.84. The smallest absolute Gasteiger partial charge is 0.161 e. The highest BCUT2D eigenvalue weighted by atomic mass is 16.1. The maximum absolute atomic E-state index is 11.3. The molecule has 0 rings (SSSR count). The minimum Gasteiger partial charge on any atom is -0.299 e. The topological polar surface area (TPSA) is 68.3 Å². The zero-order valence-corrected chi connectivity index (χ0v) is 17.8. The number of allylic oxidation sites excluding steroid dienone is 2. The number of carbonyl (C=O) groups is 4. The molecule has 0 aliphatic heterocycles. The Morgan fingerprint density at radius 2 is 0.769 bits per heavy atom. The van der Waals surface area contributed by atoms with Crippen LogP contribution in [0, 0.1) is 23.7 Å². The number of hydrogen-bond donors (Lipinski definition) is 0. The fourth-order valence-corrected chi connectivity index (χ4v) is 1.82. The van der Waals surface area contributed by atoms with E-state index in [2.05, 4.69) is 13.2 Å². The summed E-state index contributed by atoms with van der Waals surface area (Å²) in [4.78, 5) is 45.2. The van der Waals surface area contributed by atoms with Gasteiger partial charge in [-0.3, -0.25) is 19.2 Å².